The quantitative estimate of drug-likeness (QED) is 0.0378. The fraction of sp³-hybridized carbons (Fsp3) is 0. The largest absolute Gasteiger partial charge is 0.739 e. The van der Waals surface area contributed by atoms with Gasteiger partial charge in [-0.25, -0.2) is 0 Å². The summed E-state index contributed by atoms with van der Waals surface area (Å²) in [5.74, 6) is 0. The summed E-state index contributed by atoms with van der Waals surface area (Å²) in [6, 6.07) is 13.6. The lowest BCUT2D eigenvalue weighted by Gasteiger charge is -2.31. The van der Waals surface area contributed by atoms with Crippen LogP contribution in [-0.2, 0) is 45.1 Å². The van der Waals surface area contributed by atoms with E-state index in [2.05, 4.69) is 20.7 Å². The number of benzene rings is 3. The molecule has 1 atom stereocenters. The van der Waals surface area contributed by atoms with Crippen molar-refractivity contribution in [1.82, 2.24) is 0 Å². The van der Waals surface area contributed by atoms with E-state index < -0.39 is 60.5 Å². The molecule has 0 spiro atoms. The molecule has 0 aliphatic heterocycles. The van der Waals surface area contributed by atoms with E-state index in [0.29, 0.717) is 0 Å². The maximum atomic E-state index is 12.9. The second-order valence-corrected chi connectivity index (χ2v) is 18.9. The zero-order chi connectivity index (χ0) is 48.2. The first kappa shape index (κ1) is 48.1. The van der Waals surface area contributed by atoms with Crippen molar-refractivity contribution in [2.75, 3.05) is 10.6 Å². The van der Waals surface area contributed by atoms with E-state index in [1.165, 1.54) is 60.7 Å². The highest BCUT2D eigenvalue weighted by Crippen LogP contribution is 2.27. The Hall–Kier alpha value is -7.38. The minimum absolute atomic E-state index is 0.0288. The van der Waals surface area contributed by atoms with Gasteiger partial charge in [-0.15, -0.1) is 0 Å². The van der Waals surface area contributed by atoms with Gasteiger partial charge in [0, 0.05) is 47.2 Å². The molecular weight excluding hydrogens is 953 g/mol. The smallest absolute Gasteiger partial charge is 0.295 e. The third kappa shape index (κ3) is 12.2. The average molecular weight is 982 g/mol. The zero-order valence-corrected chi connectivity index (χ0v) is 36.1. The van der Waals surface area contributed by atoms with Crippen LogP contribution in [0.3, 0.4) is 0 Å². The van der Waals surface area contributed by atoms with Gasteiger partial charge in [-0.1, -0.05) is 33.4 Å². The molecule has 3 aromatic rings. The molecule has 0 amide bonds. The Bertz CT molecular complexity index is 3310. The average Bonchev–Trinajstić information content (AvgIpc) is 3.25. The Labute approximate surface area is 374 Å². The molecule has 1 unspecified atom stereocenters. The van der Waals surface area contributed by atoms with Gasteiger partial charge >= 0.3 is 0 Å². The Morgan fingerprint density at radius 1 is 0.606 bits per heavy atom. The summed E-state index contributed by atoms with van der Waals surface area (Å²) in [5.41, 5.74) is 1.41. The van der Waals surface area contributed by atoms with Crippen molar-refractivity contribution in [2.45, 2.75) is 9.79 Å². The van der Waals surface area contributed by atoms with Gasteiger partial charge in [-0.2, -0.15) is 29.8 Å². The molecule has 0 saturated heterocycles. The molecule has 3 aliphatic rings. The summed E-state index contributed by atoms with van der Waals surface area (Å²) in [7, 11) is -19.0. The molecule has 340 valence electrons. The first-order valence-electron chi connectivity index (χ1n) is 17.9. The van der Waals surface area contributed by atoms with Gasteiger partial charge in [0.2, 0.25) is 16.2 Å². The summed E-state index contributed by atoms with van der Waals surface area (Å²) in [6.45, 7) is 0. The van der Waals surface area contributed by atoms with Crippen molar-refractivity contribution in [1.29, 1.82) is 0 Å². The third-order valence-corrected chi connectivity index (χ3v) is 12.3. The minimum atomic E-state index is -5.01. The summed E-state index contributed by atoms with van der Waals surface area (Å²) in [6.07, 6.45) is 13.4. The van der Waals surface area contributed by atoms with Crippen LogP contribution in [0.1, 0.15) is 0 Å². The topological polar surface area (TPSA) is 365 Å². The summed E-state index contributed by atoms with van der Waals surface area (Å²) >= 11 is 0. The van der Waals surface area contributed by atoms with Crippen molar-refractivity contribution in [2.24, 2.45) is 15.3 Å². The number of rotatable bonds is 13. The molecule has 0 saturated carbocycles. The van der Waals surface area contributed by atoms with Crippen LogP contribution >= 0.6 is 0 Å². The minimum Gasteiger partial charge on any atom is -0.739 e. The number of hydrogen-bond donors (Lipinski definition) is 5. The summed E-state index contributed by atoms with van der Waals surface area (Å²) in [5, 5.41) is 37.0. The van der Waals surface area contributed by atoms with Crippen LogP contribution in [-0.4, -0.2) is 85.4 Å². The molecule has 3 aliphatic carbocycles. The molecule has 0 bridgehead atoms. The Balaban J connectivity index is 1.15. The number of hydrogen-bond acceptors (Lipinski definition) is 15. The van der Waals surface area contributed by atoms with Crippen LogP contribution in [0.2, 0.25) is 0 Å². The lowest BCUT2D eigenvalue weighted by atomic mass is 10.0. The molecule has 6 rings (SSSR count). The molecule has 3 aromatic carbocycles. The highest BCUT2D eigenvalue weighted by molar-refractivity contribution is 7.92. The highest BCUT2D eigenvalue weighted by atomic mass is 32.3. The number of nitroso groups, excluding NO2 is 2. The van der Waals surface area contributed by atoms with Crippen LogP contribution in [0.15, 0.2) is 192 Å². The SMILES string of the molecule is O=[N+](N=C1C=CC(=CC=C2C=CC(=N[N+]([O-])=C3C=CC(=N[N+](=O)c4ccc(S(=O)(=O)O)cc4)C=C3)C=C2S(=O)(=O)O)C(S(=O)(=O)O)=C1)c1ccc(NN([O-])c2ccc([S+](=O)([O-])O)cc2)cc1. The van der Waals surface area contributed by atoms with E-state index >= 15 is 0 Å². The fourth-order valence-corrected chi connectivity index (χ4v) is 7.92. The predicted octanol–water partition coefficient (Wildman–Crippen LogP) is 4.93. The van der Waals surface area contributed by atoms with Crippen molar-refractivity contribution < 1.29 is 66.8 Å². The molecule has 28 heteroatoms. The monoisotopic (exact) mass is 981 g/mol. The Kier molecular flexibility index (Phi) is 13.8. The van der Waals surface area contributed by atoms with Gasteiger partial charge in [0.1, 0.15) is 26.9 Å². The number of allylic oxidation sites excluding steroid dienone is 14. The van der Waals surface area contributed by atoms with Crippen LogP contribution in [0.5, 0.6) is 0 Å². The molecule has 0 radical (unpaired) electrons. The molecule has 0 aromatic heterocycles. The van der Waals surface area contributed by atoms with Crippen LogP contribution in [0.25, 0.3) is 0 Å². The van der Waals surface area contributed by atoms with Crippen LogP contribution in [0, 0.1) is 20.2 Å². The standard InChI is InChI=1S/C38H28N8O16S4/c47-43(33-15-19-35(20-16-33)63(51,52)53)39-27-7-11-31(12-8-27)45(49)41-29-5-3-25(37(23-29)65(57,58)59)1-2-26-4-6-30(24-38(26)66(60,61)62)42-46(50)32-13-9-28(10-14-32)40-44(48)34-17-21-36(22-18-34)64(54,55)56/h1-24,39H,(H3-2,51,52,53,54,55,56,57,58,59,60,61,62)/p+1. The maximum absolute atomic E-state index is 12.9. The lowest BCUT2D eigenvalue weighted by molar-refractivity contribution is -0.467. The molecule has 0 fully saturated rings. The highest BCUT2D eigenvalue weighted by Gasteiger charge is 2.26. The zero-order valence-electron chi connectivity index (χ0n) is 32.8. The first-order chi connectivity index (χ1) is 30.8. The molecule has 5 N–H and O–H groups in total. The normalized spacial score (nSPS) is 18.6. The second kappa shape index (κ2) is 19.0. The molecule has 0 heterocycles. The van der Waals surface area contributed by atoms with Crippen molar-refractivity contribution >= 4 is 86.4 Å². The van der Waals surface area contributed by atoms with Gasteiger partial charge in [-0.3, -0.25) is 13.7 Å². The number of hydrazine groups is 1. The predicted molar refractivity (Wildman–Crippen MR) is 238 cm³/mol. The van der Waals surface area contributed by atoms with E-state index in [4.69, 9.17) is 9.11 Å². The van der Waals surface area contributed by atoms with Crippen molar-refractivity contribution in [3.8, 4) is 0 Å². The van der Waals surface area contributed by atoms with Gasteiger partial charge in [-0.05, 0) is 96.1 Å². The number of anilines is 2. The van der Waals surface area contributed by atoms with Crippen LogP contribution < -0.4 is 10.6 Å². The van der Waals surface area contributed by atoms with Crippen molar-refractivity contribution in [3.63, 3.8) is 0 Å². The van der Waals surface area contributed by atoms with Gasteiger partial charge < -0.3 is 25.6 Å². The summed E-state index contributed by atoms with van der Waals surface area (Å²) < 4.78 is 133. The van der Waals surface area contributed by atoms with Crippen LogP contribution in [0.4, 0.5) is 22.7 Å². The Morgan fingerprint density at radius 3 is 1.50 bits per heavy atom. The molecule has 66 heavy (non-hydrogen) atoms. The first-order valence-corrected chi connectivity index (χ1v) is 23.7. The summed E-state index contributed by atoms with van der Waals surface area (Å²) in [4.78, 5) is 23.3. The van der Waals surface area contributed by atoms with E-state index in [-0.39, 0.29) is 76.5 Å². The van der Waals surface area contributed by atoms with Crippen molar-refractivity contribution in [3.05, 3.63) is 187 Å². The van der Waals surface area contributed by atoms with Gasteiger partial charge in [0.15, 0.2) is 14.6 Å². The number of nitrogens with zero attached hydrogens (tertiary/aromatic N) is 7. The third-order valence-electron chi connectivity index (χ3n) is 8.73. The van der Waals surface area contributed by atoms with Gasteiger partial charge in [0.25, 0.3) is 41.7 Å². The fourth-order valence-electron chi connectivity index (χ4n) is 5.55. The lowest BCUT2D eigenvalue weighted by Crippen LogP contribution is -2.22. The van der Waals surface area contributed by atoms with Gasteiger partial charge in [0.05, 0.1) is 30.6 Å². The van der Waals surface area contributed by atoms with E-state index in [1.54, 1.807) is 0 Å². The van der Waals surface area contributed by atoms with E-state index in [9.17, 15) is 63.3 Å². The second-order valence-electron chi connectivity index (χ2n) is 13.3. The number of hydrazone groups is 3. The molecule has 24 nitrogen and oxygen atoms in total. The number of nitrogens with one attached hydrogen (secondary N) is 1. The van der Waals surface area contributed by atoms with E-state index in [1.807, 2.05) is 0 Å². The van der Waals surface area contributed by atoms with E-state index in [0.717, 1.165) is 85.0 Å². The molecular formula is C38H29N8O16S4+. The maximum Gasteiger partial charge on any atom is 0.295 e. The Morgan fingerprint density at radius 2 is 1.05 bits per heavy atom.